The molecule has 0 aromatic heterocycles. The summed E-state index contributed by atoms with van der Waals surface area (Å²) in [5.74, 6) is 0. The largest absolute Gasteiger partial charge is 0.298 e. The Kier molecular flexibility index (Phi) is 2.76. The SMILES string of the molecule is Cc1cc(C=O)c(S(C)(=O)=O)cc1C. The van der Waals surface area contributed by atoms with Crippen molar-refractivity contribution in [1.29, 1.82) is 0 Å². The minimum Gasteiger partial charge on any atom is -0.298 e. The normalized spacial score (nSPS) is 11.4. The summed E-state index contributed by atoms with van der Waals surface area (Å²) in [6.45, 7) is 3.66. The number of aldehydes is 1. The molecule has 0 aliphatic heterocycles. The van der Waals surface area contributed by atoms with Gasteiger partial charge >= 0.3 is 0 Å². The number of benzene rings is 1. The van der Waals surface area contributed by atoms with Gasteiger partial charge in [0.05, 0.1) is 4.90 Å². The number of hydrogen-bond acceptors (Lipinski definition) is 3. The van der Waals surface area contributed by atoms with Gasteiger partial charge in [0.25, 0.3) is 0 Å². The average Bonchev–Trinajstić information content (AvgIpc) is 2.07. The second kappa shape index (κ2) is 3.53. The number of rotatable bonds is 2. The number of carbonyl (C=O) groups excluding carboxylic acids is 1. The fourth-order valence-electron chi connectivity index (χ4n) is 1.23. The zero-order valence-corrected chi connectivity index (χ0v) is 9.18. The molecule has 76 valence electrons. The molecule has 0 unspecified atom stereocenters. The maximum atomic E-state index is 11.3. The third kappa shape index (κ3) is 2.01. The molecule has 3 nitrogen and oxygen atoms in total. The first kappa shape index (κ1) is 10.9. The first-order valence-electron chi connectivity index (χ1n) is 4.12. The molecule has 0 saturated carbocycles. The molecule has 0 atom stereocenters. The van der Waals surface area contributed by atoms with Crippen molar-refractivity contribution in [2.45, 2.75) is 18.7 Å². The fourth-order valence-corrected chi connectivity index (χ4v) is 2.15. The van der Waals surface area contributed by atoms with Crippen LogP contribution in [0.15, 0.2) is 17.0 Å². The lowest BCUT2D eigenvalue weighted by molar-refractivity contribution is 0.112. The van der Waals surface area contributed by atoms with Gasteiger partial charge in [-0.2, -0.15) is 0 Å². The van der Waals surface area contributed by atoms with Crippen LogP contribution in [0, 0.1) is 13.8 Å². The van der Waals surface area contributed by atoms with Crippen LogP contribution in [0.1, 0.15) is 21.5 Å². The molecule has 14 heavy (non-hydrogen) atoms. The van der Waals surface area contributed by atoms with Gasteiger partial charge in [0.15, 0.2) is 16.1 Å². The summed E-state index contributed by atoms with van der Waals surface area (Å²) in [6.07, 6.45) is 1.67. The first-order valence-corrected chi connectivity index (χ1v) is 6.02. The van der Waals surface area contributed by atoms with Crippen molar-refractivity contribution >= 4 is 16.1 Å². The van der Waals surface area contributed by atoms with Crippen molar-refractivity contribution in [3.63, 3.8) is 0 Å². The molecule has 0 heterocycles. The Morgan fingerprint density at radius 2 is 1.64 bits per heavy atom. The molecule has 0 amide bonds. The smallest absolute Gasteiger partial charge is 0.176 e. The summed E-state index contributed by atoms with van der Waals surface area (Å²) in [5.41, 5.74) is 2.02. The summed E-state index contributed by atoms with van der Waals surface area (Å²) in [6, 6.07) is 3.13. The Morgan fingerprint density at radius 3 is 2.07 bits per heavy atom. The Balaban J connectivity index is 3.59. The Hall–Kier alpha value is -1.16. The molecule has 0 aliphatic carbocycles. The first-order chi connectivity index (χ1) is 6.36. The predicted octanol–water partition coefficient (Wildman–Crippen LogP) is 1.52. The molecule has 0 radical (unpaired) electrons. The number of sulfone groups is 1. The average molecular weight is 212 g/mol. The van der Waals surface area contributed by atoms with E-state index >= 15 is 0 Å². The fraction of sp³-hybridized carbons (Fsp3) is 0.300. The van der Waals surface area contributed by atoms with Crippen molar-refractivity contribution in [3.8, 4) is 0 Å². The van der Waals surface area contributed by atoms with Crippen molar-refractivity contribution in [2.24, 2.45) is 0 Å². The number of hydrogen-bond donors (Lipinski definition) is 0. The van der Waals surface area contributed by atoms with E-state index < -0.39 is 9.84 Å². The number of aryl methyl sites for hydroxylation is 2. The van der Waals surface area contributed by atoms with Gasteiger partial charge in [0, 0.05) is 11.8 Å². The number of carbonyl (C=O) groups is 1. The van der Waals surface area contributed by atoms with Crippen molar-refractivity contribution in [3.05, 3.63) is 28.8 Å². The van der Waals surface area contributed by atoms with E-state index in [2.05, 4.69) is 0 Å². The molecule has 1 aromatic carbocycles. The van der Waals surface area contributed by atoms with Crippen LogP contribution in [0.25, 0.3) is 0 Å². The molecule has 0 bridgehead atoms. The van der Waals surface area contributed by atoms with Gasteiger partial charge in [0.1, 0.15) is 0 Å². The molecule has 0 spiro atoms. The highest BCUT2D eigenvalue weighted by atomic mass is 32.2. The van der Waals surface area contributed by atoms with Crippen LogP contribution >= 0.6 is 0 Å². The third-order valence-corrected chi connectivity index (χ3v) is 3.31. The highest BCUT2D eigenvalue weighted by Crippen LogP contribution is 2.19. The van der Waals surface area contributed by atoms with Crippen molar-refractivity contribution in [1.82, 2.24) is 0 Å². The lowest BCUT2D eigenvalue weighted by Crippen LogP contribution is -2.03. The lowest BCUT2D eigenvalue weighted by atomic mass is 10.1. The van der Waals surface area contributed by atoms with E-state index in [9.17, 15) is 13.2 Å². The minimum absolute atomic E-state index is 0.107. The third-order valence-electron chi connectivity index (χ3n) is 2.15. The van der Waals surface area contributed by atoms with Gasteiger partial charge in [0.2, 0.25) is 0 Å². The predicted molar refractivity (Wildman–Crippen MR) is 54.4 cm³/mol. The van der Waals surface area contributed by atoms with E-state index in [0.717, 1.165) is 17.4 Å². The molecular formula is C10H12O3S. The van der Waals surface area contributed by atoms with E-state index in [1.165, 1.54) is 6.07 Å². The maximum Gasteiger partial charge on any atom is 0.176 e. The minimum atomic E-state index is -3.32. The van der Waals surface area contributed by atoms with Crippen LogP contribution in [0.5, 0.6) is 0 Å². The molecular weight excluding hydrogens is 200 g/mol. The van der Waals surface area contributed by atoms with Gasteiger partial charge in [-0.1, -0.05) is 0 Å². The summed E-state index contributed by atoms with van der Waals surface area (Å²) < 4.78 is 22.6. The maximum absolute atomic E-state index is 11.3. The second-order valence-corrected chi connectivity index (χ2v) is 5.35. The quantitative estimate of drug-likeness (QED) is 0.698. The van der Waals surface area contributed by atoms with Crippen LogP contribution in [0.2, 0.25) is 0 Å². The van der Waals surface area contributed by atoms with E-state index in [0.29, 0.717) is 6.29 Å². The standard InChI is InChI=1S/C10H12O3S/c1-7-4-9(6-11)10(5-8(7)2)14(3,12)13/h4-6H,1-3H3. The second-order valence-electron chi connectivity index (χ2n) is 3.36. The Labute approximate surface area is 83.7 Å². The van der Waals surface area contributed by atoms with Crippen LogP contribution in [-0.4, -0.2) is 21.0 Å². The van der Waals surface area contributed by atoms with Gasteiger partial charge in [-0.05, 0) is 37.1 Å². The van der Waals surface area contributed by atoms with Crippen molar-refractivity contribution < 1.29 is 13.2 Å². The molecule has 0 saturated heterocycles. The van der Waals surface area contributed by atoms with Gasteiger partial charge in [-0.25, -0.2) is 8.42 Å². The zero-order chi connectivity index (χ0) is 10.9. The van der Waals surface area contributed by atoms with E-state index in [-0.39, 0.29) is 10.5 Å². The highest BCUT2D eigenvalue weighted by molar-refractivity contribution is 7.90. The van der Waals surface area contributed by atoms with Crippen LogP contribution in [-0.2, 0) is 9.84 Å². The molecule has 0 fully saturated rings. The van der Waals surface area contributed by atoms with E-state index in [4.69, 9.17) is 0 Å². The van der Waals surface area contributed by atoms with Crippen molar-refractivity contribution in [2.75, 3.05) is 6.26 Å². The van der Waals surface area contributed by atoms with E-state index in [1.54, 1.807) is 6.07 Å². The zero-order valence-electron chi connectivity index (χ0n) is 8.37. The summed E-state index contributed by atoms with van der Waals surface area (Å²) >= 11 is 0. The van der Waals surface area contributed by atoms with Crippen LogP contribution < -0.4 is 0 Å². The van der Waals surface area contributed by atoms with E-state index in [1.807, 2.05) is 13.8 Å². The van der Waals surface area contributed by atoms with Crippen LogP contribution in [0.3, 0.4) is 0 Å². The van der Waals surface area contributed by atoms with Gasteiger partial charge < -0.3 is 0 Å². The Bertz CT molecular complexity index is 472. The molecule has 0 aliphatic rings. The molecule has 0 N–H and O–H groups in total. The van der Waals surface area contributed by atoms with Gasteiger partial charge in [-0.15, -0.1) is 0 Å². The lowest BCUT2D eigenvalue weighted by Gasteiger charge is -2.06. The molecule has 1 aromatic rings. The summed E-state index contributed by atoms with van der Waals surface area (Å²) in [4.78, 5) is 10.8. The molecule has 4 heteroatoms. The highest BCUT2D eigenvalue weighted by Gasteiger charge is 2.13. The van der Waals surface area contributed by atoms with Gasteiger partial charge in [-0.3, -0.25) is 4.79 Å². The topological polar surface area (TPSA) is 51.2 Å². The molecule has 1 rings (SSSR count). The monoisotopic (exact) mass is 212 g/mol. The Morgan fingerprint density at radius 1 is 1.14 bits per heavy atom. The summed E-state index contributed by atoms with van der Waals surface area (Å²) in [5, 5.41) is 0. The summed E-state index contributed by atoms with van der Waals surface area (Å²) in [7, 11) is -3.32. The van der Waals surface area contributed by atoms with Crippen LogP contribution in [0.4, 0.5) is 0 Å².